The van der Waals surface area contributed by atoms with Gasteiger partial charge in [0.25, 0.3) is 0 Å². The first-order valence-electron chi connectivity index (χ1n) is 5.09. The number of nitrogens with one attached hydrogen (secondary N) is 1. The van der Waals surface area contributed by atoms with Crippen LogP contribution < -0.4 is 5.32 Å². The number of halogens is 4. The van der Waals surface area contributed by atoms with Gasteiger partial charge in [0.1, 0.15) is 0 Å². The topological polar surface area (TPSA) is 62.2 Å². The zero-order valence-corrected chi connectivity index (χ0v) is 11.1. The van der Waals surface area contributed by atoms with E-state index >= 15 is 0 Å². The molecule has 9 heteroatoms. The Hall–Kier alpha value is -1.80. The molecule has 4 nitrogen and oxygen atoms in total. The number of aromatic nitrogens is 1. The van der Waals surface area contributed by atoms with Crippen LogP contribution in [0.1, 0.15) is 16.1 Å². The van der Waals surface area contributed by atoms with E-state index in [0.717, 1.165) is 23.5 Å². The largest absolute Gasteiger partial charge is 0.476 e. The molecular weight excluding hydrogens is 317 g/mol. The van der Waals surface area contributed by atoms with Crippen LogP contribution >= 0.6 is 22.9 Å². The van der Waals surface area contributed by atoms with Gasteiger partial charge >= 0.3 is 12.1 Å². The molecule has 0 fully saturated rings. The predicted octanol–water partition coefficient (Wildman–Crippen LogP) is 4.26. The number of rotatable bonds is 3. The monoisotopic (exact) mass is 322 g/mol. The molecule has 0 spiro atoms. The average molecular weight is 323 g/mol. The van der Waals surface area contributed by atoms with Gasteiger partial charge in [-0.05, 0) is 18.2 Å². The quantitative estimate of drug-likeness (QED) is 0.886. The van der Waals surface area contributed by atoms with E-state index in [9.17, 15) is 18.0 Å². The van der Waals surface area contributed by atoms with Gasteiger partial charge in [-0.25, -0.2) is 9.78 Å². The molecule has 0 bridgehead atoms. The Morgan fingerprint density at radius 1 is 1.35 bits per heavy atom. The molecule has 0 aliphatic rings. The third-order valence-electron chi connectivity index (χ3n) is 2.20. The van der Waals surface area contributed by atoms with Crippen molar-refractivity contribution in [3.63, 3.8) is 0 Å². The molecule has 1 heterocycles. The lowest BCUT2D eigenvalue weighted by molar-refractivity contribution is -0.137. The third kappa shape index (κ3) is 3.40. The molecule has 0 radical (unpaired) electrons. The van der Waals surface area contributed by atoms with Crippen LogP contribution in [-0.2, 0) is 6.18 Å². The number of carboxylic acid groups (broad SMARTS) is 1. The molecule has 106 valence electrons. The summed E-state index contributed by atoms with van der Waals surface area (Å²) in [6.07, 6.45) is -4.52. The van der Waals surface area contributed by atoms with Gasteiger partial charge in [-0.15, -0.1) is 11.3 Å². The number of hydrogen-bond donors (Lipinski definition) is 2. The number of anilines is 2. The van der Waals surface area contributed by atoms with Gasteiger partial charge < -0.3 is 10.4 Å². The molecule has 1 aromatic heterocycles. The van der Waals surface area contributed by atoms with E-state index in [-0.39, 0.29) is 21.5 Å². The lowest BCUT2D eigenvalue weighted by atomic mass is 10.2. The number of nitrogens with zero attached hydrogens (tertiary/aromatic N) is 1. The number of alkyl halides is 3. The fraction of sp³-hybridized carbons (Fsp3) is 0.0909. The van der Waals surface area contributed by atoms with Crippen LogP contribution in [0.2, 0.25) is 5.02 Å². The van der Waals surface area contributed by atoms with Crippen molar-refractivity contribution in [2.75, 3.05) is 5.32 Å². The van der Waals surface area contributed by atoms with Crippen molar-refractivity contribution in [1.82, 2.24) is 4.98 Å². The first kappa shape index (κ1) is 14.6. The Morgan fingerprint density at radius 2 is 2.05 bits per heavy atom. The zero-order valence-electron chi connectivity index (χ0n) is 9.53. The molecule has 0 unspecified atom stereocenters. The molecule has 0 aliphatic carbocycles. The van der Waals surface area contributed by atoms with Crippen molar-refractivity contribution in [1.29, 1.82) is 0 Å². The van der Waals surface area contributed by atoms with Gasteiger partial charge in [-0.3, -0.25) is 0 Å². The molecule has 0 saturated carbocycles. The second-order valence-electron chi connectivity index (χ2n) is 3.69. The minimum atomic E-state index is -4.52. The van der Waals surface area contributed by atoms with E-state index in [2.05, 4.69) is 10.3 Å². The highest BCUT2D eigenvalue weighted by molar-refractivity contribution is 7.14. The molecule has 2 rings (SSSR count). The standard InChI is InChI=1S/C11H6ClF3N2O2S/c12-6-1-5(11(13,14)15)2-7(3-6)16-10-17-8(4-20-10)9(18)19/h1-4H,(H,16,17)(H,18,19). The molecule has 2 N–H and O–H groups in total. The summed E-state index contributed by atoms with van der Waals surface area (Å²) < 4.78 is 37.9. The van der Waals surface area contributed by atoms with Crippen molar-refractivity contribution >= 4 is 39.7 Å². The Balaban J connectivity index is 2.28. The first-order chi connectivity index (χ1) is 9.25. The number of benzene rings is 1. The van der Waals surface area contributed by atoms with E-state index < -0.39 is 17.7 Å². The molecular formula is C11H6ClF3N2O2S. The van der Waals surface area contributed by atoms with Crippen LogP contribution in [0.25, 0.3) is 0 Å². The van der Waals surface area contributed by atoms with Crippen molar-refractivity contribution < 1.29 is 23.1 Å². The second-order valence-corrected chi connectivity index (χ2v) is 4.99. The van der Waals surface area contributed by atoms with Crippen LogP contribution in [0.15, 0.2) is 23.6 Å². The minimum Gasteiger partial charge on any atom is -0.476 e. The Labute approximate surface area is 119 Å². The lowest BCUT2D eigenvalue weighted by Crippen LogP contribution is -2.05. The van der Waals surface area contributed by atoms with Crippen LogP contribution in [0, 0.1) is 0 Å². The summed E-state index contributed by atoms with van der Waals surface area (Å²) in [6, 6.07) is 2.96. The van der Waals surface area contributed by atoms with Crippen molar-refractivity contribution in [2.24, 2.45) is 0 Å². The fourth-order valence-corrected chi connectivity index (χ4v) is 2.32. The summed E-state index contributed by atoms with van der Waals surface area (Å²) >= 11 is 6.59. The van der Waals surface area contributed by atoms with E-state index in [1.165, 1.54) is 11.4 Å². The highest BCUT2D eigenvalue weighted by Crippen LogP contribution is 2.34. The van der Waals surface area contributed by atoms with Crippen LogP contribution in [-0.4, -0.2) is 16.1 Å². The number of hydrogen-bond acceptors (Lipinski definition) is 4. The van der Waals surface area contributed by atoms with E-state index in [0.29, 0.717) is 0 Å². The maximum atomic E-state index is 12.6. The van der Waals surface area contributed by atoms with E-state index in [1.54, 1.807) is 0 Å². The molecule has 0 amide bonds. The first-order valence-corrected chi connectivity index (χ1v) is 6.35. The molecule has 1 aromatic carbocycles. The third-order valence-corrected chi connectivity index (χ3v) is 3.18. The van der Waals surface area contributed by atoms with Gasteiger partial charge in [0.05, 0.1) is 5.56 Å². The van der Waals surface area contributed by atoms with Crippen LogP contribution in [0.5, 0.6) is 0 Å². The smallest absolute Gasteiger partial charge is 0.416 e. The highest BCUT2D eigenvalue weighted by atomic mass is 35.5. The second kappa shape index (κ2) is 5.29. The van der Waals surface area contributed by atoms with Gasteiger partial charge in [-0.2, -0.15) is 13.2 Å². The molecule has 2 aromatic rings. The predicted molar refractivity (Wildman–Crippen MR) is 68.8 cm³/mol. The Kier molecular flexibility index (Phi) is 3.87. The Morgan fingerprint density at radius 3 is 2.60 bits per heavy atom. The minimum absolute atomic E-state index is 0.0797. The van der Waals surface area contributed by atoms with Crippen LogP contribution in [0.3, 0.4) is 0 Å². The number of aromatic carboxylic acids is 1. The average Bonchev–Trinajstić information content (AvgIpc) is 2.75. The lowest BCUT2D eigenvalue weighted by Gasteiger charge is -2.10. The summed E-state index contributed by atoms with van der Waals surface area (Å²) in [5.74, 6) is -1.21. The van der Waals surface area contributed by atoms with E-state index in [4.69, 9.17) is 16.7 Å². The van der Waals surface area contributed by atoms with Crippen molar-refractivity contribution in [3.8, 4) is 0 Å². The molecule has 0 aliphatic heterocycles. The number of thiazole rings is 1. The van der Waals surface area contributed by atoms with Crippen molar-refractivity contribution in [2.45, 2.75) is 6.18 Å². The van der Waals surface area contributed by atoms with Gasteiger partial charge in [0.15, 0.2) is 10.8 Å². The zero-order chi connectivity index (χ0) is 14.9. The Bertz CT molecular complexity index is 657. The summed E-state index contributed by atoms with van der Waals surface area (Å²) in [6.45, 7) is 0. The SMILES string of the molecule is O=C(O)c1csc(Nc2cc(Cl)cc(C(F)(F)F)c2)n1. The molecule has 0 atom stereocenters. The van der Waals surface area contributed by atoms with Gasteiger partial charge in [-0.1, -0.05) is 11.6 Å². The summed E-state index contributed by atoms with van der Waals surface area (Å²) in [5, 5.41) is 12.7. The summed E-state index contributed by atoms with van der Waals surface area (Å²) in [7, 11) is 0. The maximum absolute atomic E-state index is 12.6. The van der Waals surface area contributed by atoms with Gasteiger partial charge in [0, 0.05) is 16.1 Å². The molecule has 0 saturated heterocycles. The van der Waals surface area contributed by atoms with Crippen LogP contribution in [0.4, 0.5) is 24.0 Å². The maximum Gasteiger partial charge on any atom is 0.416 e. The van der Waals surface area contributed by atoms with Crippen molar-refractivity contribution in [3.05, 3.63) is 39.9 Å². The van der Waals surface area contributed by atoms with Gasteiger partial charge in [0.2, 0.25) is 0 Å². The highest BCUT2D eigenvalue weighted by Gasteiger charge is 2.31. The number of carboxylic acids is 1. The normalized spacial score (nSPS) is 11.4. The fourth-order valence-electron chi connectivity index (χ4n) is 1.38. The molecule has 20 heavy (non-hydrogen) atoms. The summed E-state index contributed by atoms with van der Waals surface area (Å²) in [5.41, 5.74) is -1.01. The van der Waals surface area contributed by atoms with E-state index in [1.807, 2.05) is 0 Å². The number of carbonyl (C=O) groups is 1. The summed E-state index contributed by atoms with van der Waals surface area (Å²) in [4.78, 5) is 14.4.